The lowest BCUT2D eigenvalue weighted by Crippen LogP contribution is -2.04. The third-order valence-electron chi connectivity index (χ3n) is 3.61. The van der Waals surface area contributed by atoms with Crippen molar-refractivity contribution in [3.63, 3.8) is 0 Å². The van der Waals surface area contributed by atoms with E-state index in [0.717, 1.165) is 29.0 Å². The average Bonchev–Trinajstić information content (AvgIpc) is 2.49. The maximum Gasteiger partial charge on any atom is 0.134 e. The van der Waals surface area contributed by atoms with Crippen LogP contribution in [0.25, 0.3) is 10.8 Å². The first-order valence-electron chi connectivity index (χ1n) is 6.67. The Morgan fingerprint density at radius 3 is 2.80 bits per heavy atom. The lowest BCUT2D eigenvalue weighted by Gasteiger charge is -2.11. The molecule has 0 saturated heterocycles. The molecule has 0 radical (unpaired) electrons. The predicted octanol–water partition coefficient (Wildman–Crippen LogP) is 3.74. The molecule has 0 bridgehead atoms. The number of nitrogens with one attached hydrogen (secondary N) is 1. The second-order valence-corrected chi connectivity index (χ2v) is 4.87. The Morgan fingerprint density at radius 2 is 1.90 bits per heavy atom. The molecule has 2 aromatic carbocycles. The molecule has 1 aromatic heterocycles. The highest BCUT2D eigenvalue weighted by Crippen LogP contribution is 2.22. The second kappa shape index (κ2) is 5.21. The van der Waals surface area contributed by atoms with Gasteiger partial charge in [0.25, 0.3) is 0 Å². The predicted molar refractivity (Wildman–Crippen MR) is 84.7 cm³/mol. The van der Waals surface area contributed by atoms with E-state index in [1.807, 2.05) is 43.5 Å². The Bertz CT molecular complexity index is 745. The molecule has 0 aliphatic heterocycles. The van der Waals surface area contributed by atoms with Gasteiger partial charge in [-0.3, -0.25) is 0 Å². The summed E-state index contributed by atoms with van der Waals surface area (Å²) < 4.78 is 0. The first kappa shape index (κ1) is 12.5. The quantitative estimate of drug-likeness (QED) is 0.708. The summed E-state index contributed by atoms with van der Waals surface area (Å²) >= 11 is 0. The molecule has 3 rings (SSSR count). The molecule has 0 aliphatic carbocycles. The summed E-state index contributed by atoms with van der Waals surface area (Å²) in [4.78, 5) is 4.43. The van der Waals surface area contributed by atoms with Gasteiger partial charge in [-0.2, -0.15) is 0 Å². The molecule has 0 amide bonds. The average molecular weight is 263 g/mol. The fourth-order valence-electron chi connectivity index (χ4n) is 2.33. The smallest absolute Gasteiger partial charge is 0.134 e. The lowest BCUT2D eigenvalue weighted by molar-refractivity contribution is 1.10. The van der Waals surface area contributed by atoms with Gasteiger partial charge in [0, 0.05) is 23.8 Å². The molecule has 1 heterocycles. The van der Waals surface area contributed by atoms with Crippen molar-refractivity contribution in [3.05, 3.63) is 65.9 Å². The number of aromatic nitrogens is 1. The summed E-state index contributed by atoms with van der Waals surface area (Å²) in [5.74, 6) is 0.907. The molecular weight excluding hydrogens is 246 g/mol. The van der Waals surface area contributed by atoms with Gasteiger partial charge in [0.1, 0.15) is 5.82 Å². The molecule has 20 heavy (non-hydrogen) atoms. The number of nitrogens with two attached hydrogens (primary N) is 1. The minimum Gasteiger partial charge on any atom is -0.399 e. The molecule has 0 aliphatic rings. The molecule has 0 fully saturated rings. The van der Waals surface area contributed by atoms with Crippen LogP contribution in [0, 0.1) is 6.92 Å². The van der Waals surface area contributed by atoms with Crippen molar-refractivity contribution in [2.75, 3.05) is 11.1 Å². The number of nitrogen functional groups attached to an aromatic ring is 1. The Kier molecular flexibility index (Phi) is 3.25. The third-order valence-corrected chi connectivity index (χ3v) is 3.61. The van der Waals surface area contributed by atoms with Crippen LogP contribution in [0.1, 0.15) is 11.1 Å². The van der Waals surface area contributed by atoms with E-state index in [-0.39, 0.29) is 0 Å². The minimum absolute atomic E-state index is 0.720. The second-order valence-electron chi connectivity index (χ2n) is 4.87. The van der Waals surface area contributed by atoms with E-state index < -0.39 is 0 Å². The van der Waals surface area contributed by atoms with Crippen molar-refractivity contribution in [2.24, 2.45) is 0 Å². The van der Waals surface area contributed by atoms with Crippen LogP contribution in [0.15, 0.2) is 54.7 Å². The summed E-state index contributed by atoms with van der Waals surface area (Å²) in [6, 6.07) is 16.3. The highest BCUT2D eigenvalue weighted by atomic mass is 15.0. The van der Waals surface area contributed by atoms with Crippen LogP contribution >= 0.6 is 0 Å². The molecule has 3 aromatic rings. The highest BCUT2D eigenvalue weighted by molar-refractivity contribution is 5.91. The number of anilines is 2. The van der Waals surface area contributed by atoms with Crippen LogP contribution in [-0.2, 0) is 6.54 Å². The van der Waals surface area contributed by atoms with Crippen LogP contribution in [0.5, 0.6) is 0 Å². The molecule has 3 nitrogen and oxygen atoms in total. The van der Waals surface area contributed by atoms with E-state index in [1.54, 1.807) is 0 Å². The monoisotopic (exact) mass is 263 g/mol. The molecule has 3 N–H and O–H groups in total. The van der Waals surface area contributed by atoms with Crippen LogP contribution in [0.2, 0.25) is 0 Å². The van der Waals surface area contributed by atoms with Gasteiger partial charge < -0.3 is 11.1 Å². The van der Waals surface area contributed by atoms with E-state index in [2.05, 4.69) is 28.5 Å². The van der Waals surface area contributed by atoms with Crippen molar-refractivity contribution in [1.82, 2.24) is 4.98 Å². The van der Waals surface area contributed by atoms with Crippen molar-refractivity contribution in [2.45, 2.75) is 13.5 Å². The first-order chi connectivity index (χ1) is 9.75. The molecule has 0 atom stereocenters. The van der Waals surface area contributed by atoms with Crippen LogP contribution in [0.4, 0.5) is 11.5 Å². The van der Waals surface area contributed by atoms with E-state index in [1.165, 1.54) is 10.9 Å². The Hall–Kier alpha value is -2.55. The number of nitrogens with zero attached hydrogens (tertiary/aromatic N) is 1. The van der Waals surface area contributed by atoms with Crippen LogP contribution in [-0.4, -0.2) is 4.98 Å². The van der Waals surface area contributed by atoms with Crippen LogP contribution < -0.4 is 11.1 Å². The summed E-state index contributed by atoms with van der Waals surface area (Å²) in [5, 5.41) is 5.73. The Morgan fingerprint density at radius 1 is 1.05 bits per heavy atom. The summed E-state index contributed by atoms with van der Waals surface area (Å²) in [7, 11) is 0. The molecule has 3 heteroatoms. The van der Waals surface area contributed by atoms with Gasteiger partial charge in [-0.25, -0.2) is 4.98 Å². The summed E-state index contributed by atoms with van der Waals surface area (Å²) in [6.07, 6.45) is 1.83. The van der Waals surface area contributed by atoms with Crippen molar-refractivity contribution < 1.29 is 0 Å². The molecular formula is C17H17N3. The number of hydrogen-bond acceptors (Lipinski definition) is 3. The molecule has 100 valence electrons. The van der Waals surface area contributed by atoms with Gasteiger partial charge in [-0.15, -0.1) is 0 Å². The van der Waals surface area contributed by atoms with Gasteiger partial charge >= 0.3 is 0 Å². The summed E-state index contributed by atoms with van der Waals surface area (Å²) in [6.45, 7) is 2.76. The van der Waals surface area contributed by atoms with Gasteiger partial charge in [0.05, 0.1) is 0 Å². The van der Waals surface area contributed by atoms with Gasteiger partial charge in [0.15, 0.2) is 0 Å². The van der Waals surface area contributed by atoms with Gasteiger partial charge in [-0.05, 0) is 35.6 Å². The largest absolute Gasteiger partial charge is 0.399 e. The highest BCUT2D eigenvalue weighted by Gasteiger charge is 2.04. The minimum atomic E-state index is 0.720. The van der Waals surface area contributed by atoms with Gasteiger partial charge in [0.2, 0.25) is 0 Å². The lowest BCUT2D eigenvalue weighted by atomic mass is 10.1. The molecule has 0 unspecified atom stereocenters. The third kappa shape index (κ3) is 2.30. The normalized spacial score (nSPS) is 10.7. The Labute approximate surface area is 118 Å². The van der Waals surface area contributed by atoms with Crippen molar-refractivity contribution in [1.29, 1.82) is 0 Å². The zero-order valence-corrected chi connectivity index (χ0v) is 11.4. The van der Waals surface area contributed by atoms with E-state index >= 15 is 0 Å². The maximum atomic E-state index is 5.94. The number of rotatable bonds is 3. The maximum absolute atomic E-state index is 5.94. The summed E-state index contributed by atoms with van der Waals surface area (Å²) in [5.41, 5.74) is 9.09. The topological polar surface area (TPSA) is 50.9 Å². The number of benzene rings is 2. The van der Waals surface area contributed by atoms with E-state index in [9.17, 15) is 0 Å². The SMILES string of the molecule is Cc1c(N)cccc1CNc1nccc2ccccc12. The van der Waals surface area contributed by atoms with E-state index in [4.69, 9.17) is 5.73 Å². The van der Waals surface area contributed by atoms with E-state index in [0.29, 0.717) is 0 Å². The Balaban J connectivity index is 1.89. The van der Waals surface area contributed by atoms with Crippen LogP contribution in [0.3, 0.4) is 0 Å². The molecule has 0 saturated carbocycles. The van der Waals surface area contributed by atoms with Gasteiger partial charge in [-0.1, -0.05) is 36.4 Å². The fraction of sp³-hybridized carbons (Fsp3) is 0.118. The standard InChI is InChI=1S/C17H17N3/c1-12-14(6-4-8-16(12)18)11-20-17-15-7-3-2-5-13(15)9-10-19-17/h2-10H,11,18H2,1H3,(H,19,20). The van der Waals surface area contributed by atoms with Crippen molar-refractivity contribution in [3.8, 4) is 0 Å². The zero-order chi connectivity index (χ0) is 13.9. The number of fused-ring (bicyclic) bond motifs is 1. The van der Waals surface area contributed by atoms with Crippen molar-refractivity contribution >= 4 is 22.3 Å². The fourth-order valence-corrected chi connectivity index (χ4v) is 2.33. The molecule has 0 spiro atoms. The number of hydrogen-bond donors (Lipinski definition) is 2. The first-order valence-corrected chi connectivity index (χ1v) is 6.67. The number of pyridine rings is 1. The zero-order valence-electron chi connectivity index (χ0n) is 11.4.